The van der Waals surface area contributed by atoms with Crippen LogP contribution in [0.2, 0.25) is 0 Å². The van der Waals surface area contributed by atoms with Gasteiger partial charge in [0, 0.05) is 24.9 Å². The summed E-state index contributed by atoms with van der Waals surface area (Å²) in [5.74, 6) is -0.483. The monoisotopic (exact) mass is 410 g/mol. The topological polar surface area (TPSA) is 84.5 Å². The number of nitrogens with one attached hydrogen (secondary N) is 2. The van der Waals surface area contributed by atoms with Gasteiger partial charge in [0.25, 0.3) is 0 Å². The van der Waals surface area contributed by atoms with E-state index in [0.717, 1.165) is 11.3 Å². The van der Waals surface area contributed by atoms with Crippen molar-refractivity contribution in [2.45, 2.75) is 51.5 Å². The molecule has 2 amide bonds. The molecule has 0 saturated heterocycles. The van der Waals surface area contributed by atoms with Gasteiger partial charge in [-0.3, -0.25) is 9.59 Å². The van der Waals surface area contributed by atoms with Gasteiger partial charge in [0.2, 0.25) is 11.8 Å². The Kier molecular flexibility index (Phi) is 9.06. The van der Waals surface area contributed by atoms with Crippen LogP contribution in [0.15, 0.2) is 54.6 Å². The first-order chi connectivity index (χ1) is 14.4. The minimum absolute atomic E-state index is 0.145. The third kappa shape index (κ3) is 7.70. The molecule has 160 valence electrons. The van der Waals surface area contributed by atoms with E-state index in [2.05, 4.69) is 24.5 Å². The average molecular weight is 411 g/mol. The molecule has 0 fully saturated rings. The largest absolute Gasteiger partial charge is 0.467 e. The first-order valence-electron chi connectivity index (χ1n) is 10.2. The SMILES string of the molecule is COC(=O)[C@@H](Cc1ccccc1)NC(=O)CCCC(=O)Nc1ccc(C(C)C)cc1. The number of hydrogen-bond donors (Lipinski definition) is 2. The number of carbonyl (C=O) groups excluding carboxylic acids is 3. The van der Waals surface area contributed by atoms with E-state index in [1.165, 1.54) is 12.7 Å². The van der Waals surface area contributed by atoms with E-state index in [9.17, 15) is 14.4 Å². The van der Waals surface area contributed by atoms with Crippen LogP contribution in [0.3, 0.4) is 0 Å². The number of benzene rings is 2. The van der Waals surface area contributed by atoms with Crippen molar-refractivity contribution < 1.29 is 19.1 Å². The van der Waals surface area contributed by atoms with E-state index >= 15 is 0 Å². The zero-order valence-electron chi connectivity index (χ0n) is 17.8. The summed E-state index contributed by atoms with van der Waals surface area (Å²) in [6.07, 6.45) is 1.12. The number of methoxy groups -OCH3 is 1. The molecule has 0 aliphatic rings. The Bertz CT molecular complexity index is 832. The van der Waals surface area contributed by atoms with Crippen molar-refractivity contribution in [2.24, 2.45) is 0 Å². The van der Waals surface area contributed by atoms with Gasteiger partial charge in [-0.1, -0.05) is 56.3 Å². The molecular weight excluding hydrogens is 380 g/mol. The predicted molar refractivity (Wildman–Crippen MR) is 117 cm³/mol. The van der Waals surface area contributed by atoms with Crippen LogP contribution in [-0.2, 0) is 25.5 Å². The molecule has 0 unspecified atom stereocenters. The smallest absolute Gasteiger partial charge is 0.328 e. The van der Waals surface area contributed by atoms with E-state index in [0.29, 0.717) is 18.8 Å². The van der Waals surface area contributed by atoms with Gasteiger partial charge in [0.1, 0.15) is 6.04 Å². The summed E-state index contributed by atoms with van der Waals surface area (Å²) < 4.78 is 4.80. The maximum atomic E-state index is 12.3. The third-order valence-electron chi connectivity index (χ3n) is 4.77. The zero-order valence-corrected chi connectivity index (χ0v) is 17.8. The molecule has 0 heterocycles. The van der Waals surface area contributed by atoms with Crippen molar-refractivity contribution in [2.75, 3.05) is 12.4 Å². The second kappa shape index (κ2) is 11.8. The number of ether oxygens (including phenoxy) is 1. The van der Waals surface area contributed by atoms with Crippen LogP contribution in [-0.4, -0.2) is 30.9 Å². The predicted octanol–water partition coefficient (Wildman–Crippen LogP) is 3.82. The highest BCUT2D eigenvalue weighted by atomic mass is 16.5. The lowest BCUT2D eigenvalue weighted by molar-refractivity contribution is -0.145. The van der Waals surface area contributed by atoms with Crippen LogP contribution in [0.1, 0.15) is 50.2 Å². The molecule has 2 aromatic carbocycles. The Hall–Kier alpha value is -3.15. The van der Waals surface area contributed by atoms with Gasteiger partial charge in [-0.05, 0) is 35.6 Å². The maximum absolute atomic E-state index is 12.3. The number of rotatable bonds is 10. The van der Waals surface area contributed by atoms with Gasteiger partial charge in [0.05, 0.1) is 7.11 Å². The van der Waals surface area contributed by atoms with Crippen molar-refractivity contribution in [3.05, 3.63) is 65.7 Å². The van der Waals surface area contributed by atoms with Gasteiger partial charge < -0.3 is 15.4 Å². The second-order valence-corrected chi connectivity index (χ2v) is 7.51. The fourth-order valence-corrected chi connectivity index (χ4v) is 3.04. The van der Waals surface area contributed by atoms with E-state index in [1.807, 2.05) is 54.6 Å². The molecule has 0 aliphatic carbocycles. The van der Waals surface area contributed by atoms with Gasteiger partial charge in [-0.15, -0.1) is 0 Å². The Morgan fingerprint density at radius 1 is 0.900 bits per heavy atom. The number of esters is 1. The van der Waals surface area contributed by atoms with Crippen molar-refractivity contribution in [1.82, 2.24) is 5.32 Å². The fraction of sp³-hybridized carbons (Fsp3) is 0.375. The number of hydrogen-bond acceptors (Lipinski definition) is 4. The highest BCUT2D eigenvalue weighted by Gasteiger charge is 2.21. The van der Waals surface area contributed by atoms with E-state index in [4.69, 9.17) is 4.74 Å². The summed E-state index contributed by atoms with van der Waals surface area (Å²) >= 11 is 0. The summed E-state index contributed by atoms with van der Waals surface area (Å²) in [6.45, 7) is 4.23. The second-order valence-electron chi connectivity index (χ2n) is 7.51. The molecule has 0 spiro atoms. The average Bonchev–Trinajstić information content (AvgIpc) is 2.73. The molecule has 0 aromatic heterocycles. The van der Waals surface area contributed by atoms with Crippen LogP contribution in [0.4, 0.5) is 5.69 Å². The normalized spacial score (nSPS) is 11.6. The highest BCUT2D eigenvalue weighted by Crippen LogP contribution is 2.17. The first-order valence-corrected chi connectivity index (χ1v) is 10.2. The molecule has 2 rings (SSSR count). The Morgan fingerprint density at radius 2 is 1.53 bits per heavy atom. The summed E-state index contributed by atoms with van der Waals surface area (Å²) in [7, 11) is 1.30. The molecule has 30 heavy (non-hydrogen) atoms. The van der Waals surface area contributed by atoms with Crippen LogP contribution in [0.5, 0.6) is 0 Å². The Morgan fingerprint density at radius 3 is 2.13 bits per heavy atom. The van der Waals surface area contributed by atoms with Gasteiger partial charge in [-0.25, -0.2) is 4.79 Å². The lowest BCUT2D eigenvalue weighted by atomic mass is 10.0. The molecule has 0 radical (unpaired) electrons. The van der Waals surface area contributed by atoms with E-state index in [-0.39, 0.29) is 24.7 Å². The van der Waals surface area contributed by atoms with Crippen molar-refractivity contribution in [3.63, 3.8) is 0 Å². The zero-order chi connectivity index (χ0) is 21.9. The summed E-state index contributed by atoms with van der Waals surface area (Å²) in [5.41, 5.74) is 2.87. The Balaban J connectivity index is 1.77. The lowest BCUT2D eigenvalue weighted by Crippen LogP contribution is -2.43. The number of amides is 2. The minimum Gasteiger partial charge on any atom is -0.467 e. The fourth-order valence-electron chi connectivity index (χ4n) is 3.04. The molecule has 2 aromatic rings. The van der Waals surface area contributed by atoms with E-state index < -0.39 is 12.0 Å². The van der Waals surface area contributed by atoms with Crippen LogP contribution in [0, 0.1) is 0 Å². The van der Waals surface area contributed by atoms with Gasteiger partial charge >= 0.3 is 5.97 Å². The van der Waals surface area contributed by atoms with Gasteiger partial charge in [-0.2, -0.15) is 0 Å². The highest BCUT2D eigenvalue weighted by molar-refractivity contribution is 5.91. The minimum atomic E-state index is -0.752. The number of anilines is 1. The molecule has 6 nitrogen and oxygen atoms in total. The molecular formula is C24H30N2O4. The standard InChI is InChI=1S/C24H30N2O4/c1-17(2)19-12-14-20(15-13-19)25-22(27)10-7-11-23(28)26-21(24(29)30-3)16-18-8-5-4-6-9-18/h4-6,8-9,12-15,17,21H,7,10-11,16H2,1-3H3,(H,25,27)(H,26,28)/t21-/m1/s1. The summed E-state index contributed by atoms with van der Waals surface area (Å²) in [6, 6.07) is 16.4. The molecule has 1 atom stereocenters. The molecule has 0 bridgehead atoms. The van der Waals surface area contributed by atoms with Crippen LogP contribution in [0.25, 0.3) is 0 Å². The molecule has 6 heteroatoms. The lowest BCUT2D eigenvalue weighted by Gasteiger charge is -2.16. The van der Waals surface area contributed by atoms with Crippen LogP contribution >= 0.6 is 0 Å². The molecule has 0 aliphatic heterocycles. The van der Waals surface area contributed by atoms with Gasteiger partial charge in [0.15, 0.2) is 0 Å². The molecule has 2 N–H and O–H groups in total. The van der Waals surface area contributed by atoms with E-state index in [1.54, 1.807) is 0 Å². The summed E-state index contributed by atoms with van der Waals surface area (Å²) in [5, 5.41) is 5.55. The summed E-state index contributed by atoms with van der Waals surface area (Å²) in [4.78, 5) is 36.4. The number of carbonyl (C=O) groups is 3. The van der Waals surface area contributed by atoms with Crippen molar-refractivity contribution in [1.29, 1.82) is 0 Å². The van der Waals surface area contributed by atoms with Crippen molar-refractivity contribution >= 4 is 23.5 Å². The van der Waals surface area contributed by atoms with Crippen molar-refractivity contribution in [3.8, 4) is 0 Å². The first kappa shape index (κ1) is 23.1. The maximum Gasteiger partial charge on any atom is 0.328 e. The quantitative estimate of drug-likeness (QED) is 0.583. The molecule has 0 saturated carbocycles. The van der Waals surface area contributed by atoms with Crippen LogP contribution < -0.4 is 10.6 Å². The Labute approximate surface area is 178 Å². The third-order valence-corrected chi connectivity index (χ3v) is 4.77.